The molecule has 3 rings (SSSR count). The van der Waals surface area contributed by atoms with E-state index in [-0.39, 0.29) is 13.0 Å². The Kier molecular flexibility index (Phi) is 7.78. The lowest BCUT2D eigenvalue weighted by atomic mass is 10.1. The van der Waals surface area contributed by atoms with Crippen LogP contribution >= 0.6 is 0 Å². The maximum Gasteiger partial charge on any atom is 0.289 e. The summed E-state index contributed by atoms with van der Waals surface area (Å²) in [6.45, 7) is 0.765. The first kappa shape index (κ1) is 21.3. The van der Waals surface area contributed by atoms with Crippen molar-refractivity contribution in [2.45, 2.75) is 38.3 Å². The Labute approximate surface area is 176 Å². The van der Waals surface area contributed by atoms with Crippen LogP contribution < -0.4 is 15.4 Å². The van der Waals surface area contributed by atoms with Crippen molar-refractivity contribution in [2.24, 2.45) is 0 Å². The van der Waals surface area contributed by atoms with Gasteiger partial charge in [-0.15, -0.1) is 0 Å². The van der Waals surface area contributed by atoms with Gasteiger partial charge in [-0.25, -0.2) is 0 Å². The molecule has 156 valence electrons. The maximum atomic E-state index is 12.8. The molecule has 1 aliphatic heterocycles. The van der Waals surface area contributed by atoms with Crippen molar-refractivity contribution in [3.8, 4) is 5.75 Å². The van der Waals surface area contributed by atoms with E-state index in [9.17, 15) is 14.4 Å². The Hall–Kier alpha value is -3.41. The molecule has 0 saturated heterocycles. The van der Waals surface area contributed by atoms with Gasteiger partial charge in [-0.1, -0.05) is 54.6 Å². The first-order valence-corrected chi connectivity index (χ1v) is 10.2. The highest BCUT2D eigenvalue weighted by Gasteiger charge is 2.27. The van der Waals surface area contributed by atoms with Crippen molar-refractivity contribution in [1.82, 2.24) is 10.6 Å². The summed E-state index contributed by atoms with van der Waals surface area (Å²) in [5.41, 5.74) is 1.24. The molecule has 0 saturated carbocycles. The average Bonchev–Trinajstić information content (AvgIpc) is 2.79. The molecule has 1 heterocycles. The number of benzene rings is 2. The standard InChI is InChI=1S/C24H26N2O4/c27-22(24(29)25-17-18-11-5-4-6-12-18)20-14-7-2-1-3-10-16-30-21-15-9-8-13-19(21)23(28)26-20/h2,4-9,11-13,15,20H,1,3,10,14,16-17H2,(H,25,29)(H,26,28)/b7-2-/t20-/m0/s1. The summed E-state index contributed by atoms with van der Waals surface area (Å²) in [5, 5.41) is 5.35. The van der Waals surface area contributed by atoms with Gasteiger partial charge in [0, 0.05) is 6.54 Å². The molecule has 6 nitrogen and oxygen atoms in total. The summed E-state index contributed by atoms with van der Waals surface area (Å²) in [6.07, 6.45) is 6.73. The fraction of sp³-hybridized carbons (Fsp3) is 0.292. The highest BCUT2D eigenvalue weighted by Crippen LogP contribution is 2.19. The van der Waals surface area contributed by atoms with E-state index in [1.807, 2.05) is 42.5 Å². The quantitative estimate of drug-likeness (QED) is 0.603. The monoisotopic (exact) mass is 406 g/mol. The zero-order valence-corrected chi connectivity index (χ0v) is 16.8. The summed E-state index contributed by atoms with van der Waals surface area (Å²) in [7, 11) is 0. The molecule has 2 aromatic carbocycles. The number of para-hydroxylation sites is 1. The van der Waals surface area contributed by atoms with Gasteiger partial charge in [0.05, 0.1) is 12.2 Å². The molecule has 2 N–H and O–H groups in total. The first-order valence-electron chi connectivity index (χ1n) is 10.2. The molecule has 0 spiro atoms. The second kappa shape index (κ2) is 11.0. The number of allylic oxidation sites excluding steroid dienone is 1. The predicted octanol–water partition coefficient (Wildman–Crippen LogP) is 3.18. The molecular formula is C24H26N2O4. The minimum absolute atomic E-state index is 0.249. The molecule has 0 aromatic heterocycles. The lowest BCUT2D eigenvalue weighted by Crippen LogP contribution is -2.47. The largest absolute Gasteiger partial charge is 0.493 e. The van der Waals surface area contributed by atoms with Crippen LogP contribution in [0.15, 0.2) is 66.7 Å². The fourth-order valence-electron chi connectivity index (χ4n) is 3.17. The second-order valence-corrected chi connectivity index (χ2v) is 7.11. The minimum atomic E-state index is -0.946. The highest BCUT2D eigenvalue weighted by atomic mass is 16.5. The Morgan fingerprint density at radius 3 is 2.60 bits per heavy atom. The number of carbonyl (C=O) groups is 3. The van der Waals surface area contributed by atoms with Gasteiger partial charge < -0.3 is 15.4 Å². The van der Waals surface area contributed by atoms with Crippen LogP contribution in [-0.4, -0.2) is 30.2 Å². The van der Waals surface area contributed by atoms with Gasteiger partial charge in [0.2, 0.25) is 5.78 Å². The third kappa shape index (κ3) is 6.04. The Morgan fingerprint density at radius 1 is 1.00 bits per heavy atom. The normalized spacial score (nSPS) is 18.3. The van der Waals surface area contributed by atoms with E-state index in [1.54, 1.807) is 24.3 Å². The second-order valence-electron chi connectivity index (χ2n) is 7.11. The van der Waals surface area contributed by atoms with Crippen LogP contribution in [0.4, 0.5) is 0 Å². The van der Waals surface area contributed by atoms with Gasteiger partial charge in [0.1, 0.15) is 11.8 Å². The number of ether oxygens (including phenoxy) is 1. The molecule has 30 heavy (non-hydrogen) atoms. The number of carbonyl (C=O) groups excluding carboxylic acids is 3. The molecule has 0 radical (unpaired) electrons. The van der Waals surface area contributed by atoms with E-state index in [1.165, 1.54) is 0 Å². The molecule has 0 fully saturated rings. The van der Waals surface area contributed by atoms with Crippen LogP contribution in [0.5, 0.6) is 5.75 Å². The number of rotatable bonds is 4. The van der Waals surface area contributed by atoms with Crippen molar-refractivity contribution >= 4 is 17.6 Å². The van der Waals surface area contributed by atoms with Gasteiger partial charge in [-0.3, -0.25) is 14.4 Å². The van der Waals surface area contributed by atoms with Crippen LogP contribution in [-0.2, 0) is 16.1 Å². The Balaban J connectivity index is 1.73. The third-order valence-corrected chi connectivity index (χ3v) is 4.83. The summed E-state index contributed by atoms with van der Waals surface area (Å²) >= 11 is 0. The maximum absolute atomic E-state index is 12.8. The van der Waals surface area contributed by atoms with Crippen molar-refractivity contribution in [2.75, 3.05) is 6.61 Å². The fourth-order valence-corrected chi connectivity index (χ4v) is 3.17. The highest BCUT2D eigenvalue weighted by molar-refractivity contribution is 6.38. The lowest BCUT2D eigenvalue weighted by molar-refractivity contribution is -0.139. The zero-order chi connectivity index (χ0) is 21.2. The number of hydrogen-bond donors (Lipinski definition) is 2. The van der Waals surface area contributed by atoms with Gasteiger partial charge in [0.25, 0.3) is 11.8 Å². The van der Waals surface area contributed by atoms with E-state index in [0.29, 0.717) is 17.9 Å². The minimum Gasteiger partial charge on any atom is -0.493 e. The molecule has 1 atom stereocenters. The van der Waals surface area contributed by atoms with E-state index >= 15 is 0 Å². The number of amides is 2. The van der Waals surface area contributed by atoms with Crippen molar-refractivity contribution in [3.63, 3.8) is 0 Å². The Bertz CT molecular complexity index is 908. The van der Waals surface area contributed by atoms with Gasteiger partial charge >= 0.3 is 0 Å². The van der Waals surface area contributed by atoms with E-state index in [4.69, 9.17) is 4.74 Å². The van der Waals surface area contributed by atoms with Gasteiger partial charge in [0.15, 0.2) is 0 Å². The van der Waals surface area contributed by atoms with Crippen LogP contribution in [0, 0.1) is 0 Å². The van der Waals surface area contributed by atoms with Crippen LogP contribution in [0.25, 0.3) is 0 Å². The van der Waals surface area contributed by atoms with E-state index < -0.39 is 23.6 Å². The topological polar surface area (TPSA) is 84.5 Å². The molecular weight excluding hydrogens is 380 g/mol. The molecule has 1 aliphatic rings. The van der Waals surface area contributed by atoms with Gasteiger partial charge in [-0.05, 0) is 43.4 Å². The number of Topliss-reactive ketones (excluding diaryl/α,β-unsaturated/α-hetero) is 1. The van der Waals surface area contributed by atoms with E-state index in [2.05, 4.69) is 10.6 Å². The van der Waals surface area contributed by atoms with Crippen LogP contribution in [0.1, 0.15) is 41.6 Å². The Morgan fingerprint density at radius 2 is 1.77 bits per heavy atom. The van der Waals surface area contributed by atoms with Crippen molar-refractivity contribution in [3.05, 3.63) is 77.9 Å². The summed E-state index contributed by atoms with van der Waals surface area (Å²) in [6, 6.07) is 15.3. The third-order valence-electron chi connectivity index (χ3n) is 4.83. The molecule has 0 unspecified atom stereocenters. The van der Waals surface area contributed by atoms with Crippen molar-refractivity contribution in [1.29, 1.82) is 0 Å². The smallest absolute Gasteiger partial charge is 0.289 e. The zero-order valence-electron chi connectivity index (χ0n) is 16.8. The predicted molar refractivity (Wildman–Crippen MR) is 114 cm³/mol. The number of hydrogen-bond acceptors (Lipinski definition) is 4. The summed E-state index contributed by atoms with van der Waals surface area (Å²) in [4.78, 5) is 38.0. The summed E-state index contributed by atoms with van der Waals surface area (Å²) in [5.74, 6) is -1.35. The average molecular weight is 406 g/mol. The molecule has 2 aromatic rings. The van der Waals surface area contributed by atoms with E-state index in [0.717, 1.165) is 24.8 Å². The first-order chi connectivity index (χ1) is 14.6. The van der Waals surface area contributed by atoms with Crippen LogP contribution in [0.3, 0.4) is 0 Å². The molecule has 0 aliphatic carbocycles. The summed E-state index contributed by atoms with van der Waals surface area (Å²) < 4.78 is 5.75. The lowest BCUT2D eigenvalue weighted by Gasteiger charge is -2.17. The molecule has 0 bridgehead atoms. The molecule has 6 heteroatoms. The van der Waals surface area contributed by atoms with Gasteiger partial charge in [-0.2, -0.15) is 0 Å². The van der Waals surface area contributed by atoms with Crippen LogP contribution in [0.2, 0.25) is 0 Å². The number of fused-ring (bicyclic) bond motifs is 1. The van der Waals surface area contributed by atoms with Crippen molar-refractivity contribution < 1.29 is 19.1 Å². The molecule has 2 amide bonds. The number of nitrogens with one attached hydrogen (secondary N) is 2. The number of ketones is 1. The SMILES string of the molecule is O=C(NCc1ccccc1)C(=O)[C@@H]1C/C=C\CCCCOc2ccccc2C(=O)N1.